The second-order valence-electron chi connectivity index (χ2n) is 4.66. The molecule has 2 rings (SSSR count). The van der Waals surface area contributed by atoms with Gasteiger partial charge in [-0.05, 0) is 24.8 Å². The maximum absolute atomic E-state index is 5.73. The molecule has 1 atom stereocenters. The SMILES string of the molecule is COc1cnccc1C(NN)C1CCCCC1. The Bertz CT molecular complexity index is 350. The van der Waals surface area contributed by atoms with Crippen LogP contribution in [-0.4, -0.2) is 12.1 Å². The lowest BCUT2D eigenvalue weighted by Crippen LogP contribution is -2.34. The molecule has 0 spiro atoms. The highest BCUT2D eigenvalue weighted by Gasteiger charge is 2.26. The van der Waals surface area contributed by atoms with Gasteiger partial charge in [0.2, 0.25) is 0 Å². The molecule has 0 aliphatic heterocycles. The van der Waals surface area contributed by atoms with Crippen molar-refractivity contribution in [2.24, 2.45) is 11.8 Å². The minimum atomic E-state index is 0.174. The number of nitrogens with two attached hydrogens (primary N) is 1. The van der Waals surface area contributed by atoms with Crippen molar-refractivity contribution >= 4 is 0 Å². The highest BCUT2D eigenvalue weighted by atomic mass is 16.5. The molecule has 1 aliphatic rings. The maximum atomic E-state index is 5.73. The lowest BCUT2D eigenvalue weighted by molar-refractivity contribution is 0.267. The van der Waals surface area contributed by atoms with Crippen LogP contribution in [0.15, 0.2) is 18.5 Å². The van der Waals surface area contributed by atoms with Gasteiger partial charge >= 0.3 is 0 Å². The van der Waals surface area contributed by atoms with E-state index in [1.54, 1.807) is 19.5 Å². The predicted molar refractivity (Wildman–Crippen MR) is 67.4 cm³/mol. The molecule has 3 N–H and O–H groups in total. The Morgan fingerprint density at radius 2 is 2.18 bits per heavy atom. The van der Waals surface area contributed by atoms with Gasteiger partial charge in [0.15, 0.2) is 0 Å². The molecule has 94 valence electrons. The molecular formula is C13H21N3O. The number of hydrogen-bond donors (Lipinski definition) is 2. The number of ether oxygens (including phenoxy) is 1. The van der Waals surface area contributed by atoms with Crippen molar-refractivity contribution in [3.63, 3.8) is 0 Å². The highest BCUT2D eigenvalue weighted by molar-refractivity contribution is 5.33. The highest BCUT2D eigenvalue weighted by Crippen LogP contribution is 2.36. The number of methoxy groups -OCH3 is 1. The molecule has 17 heavy (non-hydrogen) atoms. The third-order valence-electron chi connectivity index (χ3n) is 3.67. The van der Waals surface area contributed by atoms with Crippen molar-refractivity contribution in [3.05, 3.63) is 24.0 Å². The van der Waals surface area contributed by atoms with Gasteiger partial charge in [-0.15, -0.1) is 0 Å². The standard InChI is InChI=1S/C13H21N3O/c1-17-12-9-15-8-7-11(12)13(16-14)10-5-3-2-4-6-10/h7-10,13,16H,2-6,14H2,1H3. The average Bonchev–Trinajstić information content (AvgIpc) is 2.41. The predicted octanol–water partition coefficient (Wildman–Crippen LogP) is 2.17. The second kappa shape index (κ2) is 5.98. The molecule has 0 aromatic carbocycles. The number of hydrogen-bond acceptors (Lipinski definition) is 4. The van der Waals surface area contributed by atoms with Crippen LogP contribution in [0.25, 0.3) is 0 Å². The van der Waals surface area contributed by atoms with Crippen molar-refractivity contribution < 1.29 is 4.74 Å². The number of rotatable bonds is 4. The molecular weight excluding hydrogens is 214 g/mol. The average molecular weight is 235 g/mol. The minimum absolute atomic E-state index is 0.174. The fourth-order valence-electron chi connectivity index (χ4n) is 2.77. The number of nitrogens with zero attached hydrogens (tertiary/aromatic N) is 1. The molecule has 1 saturated carbocycles. The molecule has 0 saturated heterocycles. The Morgan fingerprint density at radius 3 is 2.82 bits per heavy atom. The summed E-state index contributed by atoms with van der Waals surface area (Å²) in [6.07, 6.45) is 9.97. The van der Waals surface area contributed by atoms with E-state index in [0.29, 0.717) is 5.92 Å². The summed E-state index contributed by atoms with van der Waals surface area (Å²) in [6, 6.07) is 2.17. The normalized spacial score (nSPS) is 18.9. The number of hydrazine groups is 1. The van der Waals surface area contributed by atoms with E-state index in [1.807, 2.05) is 6.07 Å². The molecule has 1 heterocycles. The van der Waals surface area contributed by atoms with E-state index >= 15 is 0 Å². The lowest BCUT2D eigenvalue weighted by atomic mass is 9.81. The van der Waals surface area contributed by atoms with Gasteiger partial charge in [-0.25, -0.2) is 0 Å². The Morgan fingerprint density at radius 1 is 1.41 bits per heavy atom. The lowest BCUT2D eigenvalue weighted by Gasteiger charge is -2.30. The summed E-state index contributed by atoms with van der Waals surface area (Å²) in [6.45, 7) is 0. The zero-order valence-corrected chi connectivity index (χ0v) is 10.4. The van der Waals surface area contributed by atoms with Crippen LogP contribution < -0.4 is 16.0 Å². The zero-order valence-electron chi connectivity index (χ0n) is 10.4. The molecule has 1 fully saturated rings. The van der Waals surface area contributed by atoms with Crippen LogP contribution in [0.3, 0.4) is 0 Å². The zero-order chi connectivity index (χ0) is 12.1. The van der Waals surface area contributed by atoms with Crippen LogP contribution in [0.5, 0.6) is 5.75 Å². The van der Waals surface area contributed by atoms with Gasteiger partial charge in [0, 0.05) is 11.8 Å². The van der Waals surface area contributed by atoms with E-state index in [-0.39, 0.29) is 6.04 Å². The monoisotopic (exact) mass is 235 g/mol. The van der Waals surface area contributed by atoms with E-state index in [9.17, 15) is 0 Å². The van der Waals surface area contributed by atoms with Gasteiger partial charge < -0.3 is 4.74 Å². The van der Waals surface area contributed by atoms with E-state index in [4.69, 9.17) is 10.6 Å². The molecule has 1 unspecified atom stereocenters. The molecule has 1 aromatic rings. The van der Waals surface area contributed by atoms with Gasteiger partial charge in [0.05, 0.1) is 19.3 Å². The Labute approximate surface area is 103 Å². The van der Waals surface area contributed by atoms with Gasteiger partial charge in [0.1, 0.15) is 5.75 Å². The second-order valence-corrected chi connectivity index (χ2v) is 4.66. The van der Waals surface area contributed by atoms with Crippen LogP contribution in [0.1, 0.15) is 43.7 Å². The van der Waals surface area contributed by atoms with E-state index in [2.05, 4.69) is 10.4 Å². The van der Waals surface area contributed by atoms with E-state index < -0.39 is 0 Å². The Hall–Kier alpha value is -1.13. The molecule has 4 heteroatoms. The summed E-state index contributed by atoms with van der Waals surface area (Å²) in [4.78, 5) is 4.08. The van der Waals surface area contributed by atoms with Gasteiger partial charge in [-0.1, -0.05) is 19.3 Å². The van der Waals surface area contributed by atoms with Crippen molar-refractivity contribution in [3.8, 4) is 5.75 Å². The molecule has 1 aromatic heterocycles. The third kappa shape index (κ3) is 2.76. The fourth-order valence-corrected chi connectivity index (χ4v) is 2.77. The maximum Gasteiger partial charge on any atom is 0.141 e. The van der Waals surface area contributed by atoms with Gasteiger partial charge in [-0.2, -0.15) is 0 Å². The summed E-state index contributed by atoms with van der Waals surface area (Å²) in [5, 5.41) is 0. The number of nitrogens with one attached hydrogen (secondary N) is 1. The summed E-state index contributed by atoms with van der Waals surface area (Å²) in [5.74, 6) is 7.16. The summed E-state index contributed by atoms with van der Waals surface area (Å²) < 4.78 is 5.36. The Balaban J connectivity index is 2.21. The molecule has 0 bridgehead atoms. The minimum Gasteiger partial charge on any atom is -0.495 e. The van der Waals surface area contributed by atoms with Crippen LogP contribution in [0, 0.1) is 5.92 Å². The van der Waals surface area contributed by atoms with Crippen molar-refractivity contribution in [2.75, 3.05) is 7.11 Å². The smallest absolute Gasteiger partial charge is 0.141 e. The topological polar surface area (TPSA) is 60.2 Å². The summed E-state index contributed by atoms with van der Waals surface area (Å²) in [7, 11) is 1.68. The van der Waals surface area contributed by atoms with Crippen molar-refractivity contribution in [1.82, 2.24) is 10.4 Å². The van der Waals surface area contributed by atoms with Gasteiger partial charge in [0.25, 0.3) is 0 Å². The quantitative estimate of drug-likeness (QED) is 0.620. The van der Waals surface area contributed by atoms with Gasteiger partial charge in [-0.3, -0.25) is 16.3 Å². The van der Waals surface area contributed by atoms with Crippen molar-refractivity contribution in [2.45, 2.75) is 38.1 Å². The molecule has 0 radical (unpaired) electrons. The Kier molecular flexibility index (Phi) is 4.34. The van der Waals surface area contributed by atoms with E-state index in [0.717, 1.165) is 11.3 Å². The first-order chi connectivity index (χ1) is 8.36. The van der Waals surface area contributed by atoms with Crippen molar-refractivity contribution in [1.29, 1.82) is 0 Å². The summed E-state index contributed by atoms with van der Waals surface area (Å²) in [5.41, 5.74) is 4.08. The summed E-state index contributed by atoms with van der Waals surface area (Å²) >= 11 is 0. The fraction of sp³-hybridized carbons (Fsp3) is 0.615. The first-order valence-corrected chi connectivity index (χ1v) is 6.31. The number of pyridine rings is 1. The van der Waals surface area contributed by atoms with Crippen LogP contribution in [-0.2, 0) is 0 Å². The largest absolute Gasteiger partial charge is 0.495 e. The van der Waals surface area contributed by atoms with E-state index in [1.165, 1.54) is 32.1 Å². The molecule has 1 aliphatic carbocycles. The first kappa shape index (κ1) is 12.3. The van der Waals surface area contributed by atoms with Crippen LogP contribution >= 0.6 is 0 Å². The molecule has 4 nitrogen and oxygen atoms in total. The van der Waals surface area contributed by atoms with Crippen LogP contribution in [0.2, 0.25) is 0 Å². The first-order valence-electron chi connectivity index (χ1n) is 6.31. The number of aromatic nitrogens is 1. The third-order valence-corrected chi connectivity index (χ3v) is 3.67. The molecule has 0 amide bonds. The van der Waals surface area contributed by atoms with Crippen LogP contribution in [0.4, 0.5) is 0 Å².